The van der Waals surface area contributed by atoms with E-state index in [4.69, 9.17) is 9.47 Å². The van der Waals surface area contributed by atoms with Gasteiger partial charge in [-0.25, -0.2) is 4.99 Å². The molecule has 1 aromatic rings. The van der Waals surface area contributed by atoms with Crippen molar-refractivity contribution >= 4 is 35.8 Å². The number of ether oxygens (including phenoxy) is 2. The number of aryl methyl sites for hydroxylation is 1. The van der Waals surface area contributed by atoms with Crippen LogP contribution in [0.15, 0.2) is 29.3 Å². The number of carbonyl (C=O) groups is 1. The average molecular weight is 518 g/mol. The second kappa shape index (κ2) is 13.6. The Bertz CT molecular complexity index is 649. The van der Waals surface area contributed by atoms with Crippen LogP contribution in [0.1, 0.15) is 24.8 Å². The van der Waals surface area contributed by atoms with Crippen LogP contribution < -0.4 is 10.1 Å². The molecule has 1 heterocycles. The third-order valence-electron chi connectivity index (χ3n) is 4.76. The van der Waals surface area contributed by atoms with Crippen LogP contribution in [0.4, 0.5) is 0 Å². The molecule has 7 nitrogen and oxygen atoms in total. The highest BCUT2D eigenvalue weighted by Gasteiger charge is 2.16. The number of para-hydroxylation sites is 1. The first-order valence-electron chi connectivity index (χ1n) is 9.97. The second-order valence-corrected chi connectivity index (χ2v) is 7.33. The summed E-state index contributed by atoms with van der Waals surface area (Å²) in [6.45, 7) is 4.84. The van der Waals surface area contributed by atoms with E-state index >= 15 is 0 Å². The molecular formula is C21H35IN4O3. The summed E-state index contributed by atoms with van der Waals surface area (Å²) >= 11 is 0. The number of halogens is 1. The number of hydrogen-bond acceptors (Lipinski definition) is 4. The lowest BCUT2D eigenvalue weighted by Crippen LogP contribution is -2.45. The number of guanidine groups is 1. The number of amides is 1. The number of carbonyl (C=O) groups excluding carboxylic acids is 1. The molecule has 164 valence electrons. The van der Waals surface area contributed by atoms with Gasteiger partial charge in [-0.05, 0) is 37.8 Å². The lowest BCUT2D eigenvalue weighted by Gasteiger charge is -2.27. The first-order chi connectivity index (χ1) is 13.5. The van der Waals surface area contributed by atoms with Gasteiger partial charge in [-0.15, -0.1) is 24.0 Å². The summed E-state index contributed by atoms with van der Waals surface area (Å²) in [5.41, 5.74) is 1.11. The fraction of sp³-hybridized carbons (Fsp3) is 0.619. The van der Waals surface area contributed by atoms with Gasteiger partial charge in [0.15, 0.2) is 5.96 Å². The Labute approximate surface area is 191 Å². The zero-order valence-electron chi connectivity index (χ0n) is 18.0. The maximum atomic E-state index is 11.9. The Morgan fingerprint density at radius 3 is 2.69 bits per heavy atom. The molecule has 0 aliphatic carbocycles. The van der Waals surface area contributed by atoms with E-state index < -0.39 is 0 Å². The zero-order chi connectivity index (χ0) is 20.4. The molecule has 0 spiro atoms. The molecule has 1 amide bonds. The Morgan fingerprint density at radius 1 is 1.28 bits per heavy atom. The van der Waals surface area contributed by atoms with Crippen molar-refractivity contribution in [1.29, 1.82) is 0 Å². The van der Waals surface area contributed by atoms with Gasteiger partial charge in [0.25, 0.3) is 0 Å². The van der Waals surface area contributed by atoms with E-state index in [0.717, 1.165) is 30.8 Å². The van der Waals surface area contributed by atoms with Crippen molar-refractivity contribution < 1.29 is 14.3 Å². The number of nitrogens with one attached hydrogen (secondary N) is 1. The third kappa shape index (κ3) is 9.20. The van der Waals surface area contributed by atoms with Gasteiger partial charge in [0.1, 0.15) is 18.9 Å². The fourth-order valence-electron chi connectivity index (χ4n) is 2.89. The monoisotopic (exact) mass is 518 g/mol. The Hall–Kier alpha value is -1.55. The maximum absolute atomic E-state index is 11.9. The molecule has 8 heteroatoms. The third-order valence-corrected chi connectivity index (χ3v) is 4.76. The van der Waals surface area contributed by atoms with Crippen LogP contribution in [-0.4, -0.2) is 81.8 Å². The van der Waals surface area contributed by atoms with Gasteiger partial charge in [-0.2, -0.15) is 0 Å². The number of hydrogen-bond donors (Lipinski definition) is 1. The first-order valence-corrected chi connectivity index (χ1v) is 9.97. The molecule has 29 heavy (non-hydrogen) atoms. The minimum Gasteiger partial charge on any atom is -0.491 e. The van der Waals surface area contributed by atoms with Crippen molar-refractivity contribution in [2.45, 2.75) is 32.3 Å². The predicted octanol–water partition coefficient (Wildman–Crippen LogP) is 2.53. The minimum atomic E-state index is -0.0298. The molecule has 1 atom stereocenters. The predicted molar refractivity (Wildman–Crippen MR) is 127 cm³/mol. The maximum Gasteiger partial charge on any atom is 0.243 e. The molecular weight excluding hydrogens is 483 g/mol. The summed E-state index contributed by atoms with van der Waals surface area (Å²) in [6, 6.07) is 7.97. The largest absolute Gasteiger partial charge is 0.491 e. The van der Waals surface area contributed by atoms with E-state index in [-0.39, 0.29) is 42.5 Å². The number of rotatable bonds is 8. The van der Waals surface area contributed by atoms with E-state index in [9.17, 15) is 4.79 Å². The smallest absolute Gasteiger partial charge is 0.243 e. The van der Waals surface area contributed by atoms with Gasteiger partial charge in [0.2, 0.25) is 5.91 Å². The van der Waals surface area contributed by atoms with Crippen molar-refractivity contribution in [3.8, 4) is 5.75 Å². The second-order valence-electron chi connectivity index (χ2n) is 7.33. The standard InChI is InChI=1S/C21H34N4O3.HI/c1-17-9-5-6-11-19(17)28-14-12-25(4)21(23-16-20(26)24(2)3)22-15-18-10-7-8-13-27-18;/h5-6,9,11,18H,7-8,10,12-16H2,1-4H3,(H,22,23);1H. The van der Waals surface area contributed by atoms with E-state index in [2.05, 4.69) is 10.3 Å². The van der Waals surface area contributed by atoms with Crippen LogP contribution in [-0.2, 0) is 9.53 Å². The zero-order valence-corrected chi connectivity index (χ0v) is 20.3. The van der Waals surface area contributed by atoms with Crippen LogP contribution in [0.2, 0.25) is 0 Å². The number of benzene rings is 1. The Balaban J connectivity index is 0.00000420. The van der Waals surface area contributed by atoms with Crippen molar-refractivity contribution in [3.05, 3.63) is 29.8 Å². The van der Waals surface area contributed by atoms with Crippen LogP contribution in [0.25, 0.3) is 0 Å². The lowest BCUT2D eigenvalue weighted by molar-refractivity contribution is -0.127. The van der Waals surface area contributed by atoms with Gasteiger partial charge in [0.05, 0.1) is 12.6 Å². The van der Waals surface area contributed by atoms with Crippen molar-refractivity contribution in [3.63, 3.8) is 0 Å². The van der Waals surface area contributed by atoms with Crippen LogP contribution >= 0.6 is 24.0 Å². The van der Waals surface area contributed by atoms with Crippen molar-refractivity contribution in [1.82, 2.24) is 15.1 Å². The van der Waals surface area contributed by atoms with Crippen molar-refractivity contribution in [2.24, 2.45) is 4.99 Å². The summed E-state index contributed by atoms with van der Waals surface area (Å²) in [5, 5.41) is 3.37. The molecule has 1 aliphatic rings. The molecule has 0 aromatic heterocycles. The van der Waals surface area contributed by atoms with Crippen LogP contribution in [0, 0.1) is 6.92 Å². The summed E-state index contributed by atoms with van der Waals surface area (Å²) in [7, 11) is 5.43. The quantitative estimate of drug-likeness (QED) is 0.326. The summed E-state index contributed by atoms with van der Waals surface area (Å²) in [5.74, 6) is 1.55. The first kappa shape index (κ1) is 25.5. The molecule has 0 radical (unpaired) electrons. The van der Waals surface area contributed by atoms with E-state index in [1.807, 2.05) is 43.1 Å². The molecule has 2 rings (SSSR count). The molecule has 1 unspecified atom stereocenters. The van der Waals surface area contributed by atoms with Crippen LogP contribution in [0.3, 0.4) is 0 Å². The number of nitrogens with zero attached hydrogens (tertiary/aromatic N) is 3. The van der Waals surface area contributed by atoms with Gasteiger partial charge in [-0.1, -0.05) is 18.2 Å². The summed E-state index contributed by atoms with van der Waals surface area (Å²) in [6.07, 6.45) is 3.57. The van der Waals surface area contributed by atoms with Gasteiger partial charge < -0.3 is 24.6 Å². The summed E-state index contributed by atoms with van der Waals surface area (Å²) < 4.78 is 11.7. The number of likely N-dealkylation sites (N-methyl/N-ethyl adjacent to an activating group) is 2. The highest BCUT2D eigenvalue weighted by Crippen LogP contribution is 2.16. The highest BCUT2D eigenvalue weighted by atomic mass is 127. The van der Waals surface area contributed by atoms with Crippen molar-refractivity contribution in [2.75, 3.05) is 54.0 Å². The summed E-state index contributed by atoms with van der Waals surface area (Å²) in [4.78, 5) is 20.0. The Kier molecular flexibility index (Phi) is 12.0. The van der Waals surface area contributed by atoms with E-state index in [0.29, 0.717) is 25.7 Å². The normalized spacial score (nSPS) is 16.6. The molecule has 0 bridgehead atoms. The van der Waals surface area contributed by atoms with Gasteiger partial charge >= 0.3 is 0 Å². The fourth-order valence-corrected chi connectivity index (χ4v) is 2.89. The van der Waals surface area contributed by atoms with E-state index in [1.54, 1.807) is 19.0 Å². The molecule has 1 N–H and O–H groups in total. The molecule has 1 aliphatic heterocycles. The minimum absolute atomic E-state index is 0. The topological polar surface area (TPSA) is 66.4 Å². The Morgan fingerprint density at radius 2 is 2.03 bits per heavy atom. The number of aliphatic imine (C=N–C) groups is 1. The molecule has 1 fully saturated rings. The SMILES string of the molecule is Cc1ccccc1OCCN(C)C(=NCC(=O)N(C)C)NCC1CCCCO1.I. The average Bonchev–Trinajstić information content (AvgIpc) is 2.69. The molecule has 1 saturated heterocycles. The van der Waals surface area contributed by atoms with E-state index in [1.165, 1.54) is 6.42 Å². The molecule has 0 saturated carbocycles. The highest BCUT2D eigenvalue weighted by molar-refractivity contribution is 14.0. The van der Waals surface area contributed by atoms with Crippen LogP contribution in [0.5, 0.6) is 5.75 Å². The molecule has 1 aromatic carbocycles. The van der Waals surface area contributed by atoms with Gasteiger partial charge in [-0.3, -0.25) is 4.79 Å². The van der Waals surface area contributed by atoms with Gasteiger partial charge in [0, 0.05) is 34.3 Å². The lowest BCUT2D eigenvalue weighted by atomic mass is 10.1.